The van der Waals surface area contributed by atoms with Crippen LogP contribution in [0.4, 0.5) is 5.69 Å². The zero-order chi connectivity index (χ0) is 13.1. The highest BCUT2D eigenvalue weighted by atomic mass is 16.5. The van der Waals surface area contributed by atoms with E-state index in [-0.39, 0.29) is 6.10 Å². The van der Waals surface area contributed by atoms with Gasteiger partial charge < -0.3 is 15.0 Å². The van der Waals surface area contributed by atoms with Crippen LogP contribution >= 0.6 is 0 Å². The van der Waals surface area contributed by atoms with Crippen molar-refractivity contribution in [3.63, 3.8) is 0 Å². The number of nitrogen functional groups attached to an aromatic ring is 1. The zero-order valence-electron chi connectivity index (χ0n) is 10.8. The van der Waals surface area contributed by atoms with Gasteiger partial charge in [0.05, 0.1) is 5.56 Å². The molecular weight excluding hydrogens is 230 g/mol. The summed E-state index contributed by atoms with van der Waals surface area (Å²) in [4.78, 5) is 4.32. The summed E-state index contributed by atoms with van der Waals surface area (Å²) >= 11 is 0. The molecule has 0 bridgehead atoms. The van der Waals surface area contributed by atoms with E-state index in [2.05, 4.69) is 10.1 Å². The van der Waals surface area contributed by atoms with Crippen molar-refractivity contribution in [3.05, 3.63) is 29.6 Å². The van der Waals surface area contributed by atoms with Crippen LogP contribution in [0.1, 0.15) is 31.3 Å². The lowest BCUT2D eigenvalue weighted by Gasteiger charge is -2.05. The predicted octanol–water partition coefficient (Wildman–Crippen LogP) is 2.72. The third kappa shape index (κ3) is 2.51. The largest absolute Gasteiger partial charge is 0.398 e. The van der Waals surface area contributed by atoms with Crippen molar-refractivity contribution in [1.29, 1.82) is 0 Å². The van der Waals surface area contributed by atoms with Crippen molar-refractivity contribution < 1.29 is 9.26 Å². The van der Waals surface area contributed by atoms with Crippen LogP contribution in [-0.4, -0.2) is 16.7 Å². The van der Waals surface area contributed by atoms with E-state index in [0.717, 1.165) is 11.1 Å². The van der Waals surface area contributed by atoms with Crippen molar-refractivity contribution in [2.45, 2.75) is 26.9 Å². The molecule has 1 atom stereocenters. The lowest BCUT2D eigenvalue weighted by Crippen LogP contribution is -2.01. The molecule has 1 unspecified atom stereocenters. The minimum atomic E-state index is -0.182. The van der Waals surface area contributed by atoms with Gasteiger partial charge >= 0.3 is 0 Å². The number of hydrogen-bond donors (Lipinski definition) is 1. The number of rotatable bonds is 4. The number of aromatic nitrogens is 2. The van der Waals surface area contributed by atoms with Crippen LogP contribution in [0.3, 0.4) is 0 Å². The second kappa shape index (κ2) is 5.18. The summed E-state index contributed by atoms with van der Waals surface area (Å²) in [6, 6.07) is 5.71. The highest BCUT2D eigenvalue weighted by Gasteiger charge is 2.16. The molecule has 0 aliphatic heterocycles. The quantitative estimate of drug-likeness (QED) is 0.841. The molecule has 0 aliphatic rings. The zero-order valence-corrected chi connectivity index (χ0v) is 10.8. The number of hydrogen-bond acceptors (Lipinski definition) is 5. The third-order valence-electron chi connectivity index (χ3n) is 2.66. The Labute approximate surface area is 106 Å². The van der Waals surface area contributed by atoms with Crippen LogP contribution in [0.5, 0.6) is 0 Å². The summed E-state index contributed by atoms with van der Waals surface area (Å²) in [7, 11) is 0. The number of nitrogens with zero attached hydrogens (tertiary/aromatic N) is 2. The van der Waals surface area contributed by atoms with E-state index in [0.29, 0.717) is 24.0 Å². The van der Waals surface area contributed by atoms with Crippen LogP contribution in [0.15, 0.2) is 22.7 Å². The van der Waals surface area contributed by atoms with Gasteiger partial charge in [0.15, 0.2) is 0 Å². The molecule has 0 saturated carbocycles. The molecule has 1 heterocycles. The van der Waals surface area contributed by atoms with Crippen LogP contribution in [-0.2, 0) is 4.74 Å². The summed E-state index contributed by atoms with van der Waals surface area (Å²) in [5.41, 5.74) is 8.39. The molecule has 96 valence electrons. The minimum Gasteiger partial charge on any atom is -0.398 e. The van der Waals surface area contributed by atoms with Gasteiger partial charge in [-0.2, -0.15) is 4.98 Å². The SMILES string of the molecule is CCOC(C)c1noc(-c2cc(C)ccc2N)n1. The Morgan fingerprint density at radius 3 is 2.94 bits per heavy atom. The first-order valence-corrected chi connectivity index (χ1v) is 5.93. The fourth-order valence-electron chi connectivity index (χ4n) is 1.69. The normalized spacial score (nSPS) is 12.6. The molecule has 2 aromatic rings. The Hall–Kier alpha value is -1.88. The van der Waals surface area contributed by atoms with E-state index >= 15 is 0 Å². The second-order valence-corrected chi connectivity index (χ2v) is 4.15. The molecule has 1 aromatic carbocycles. The molecule has 5 heteroatoms. The van der Waals surface area contributed by atoms with Crippen molar-refractivity contribution in [2.75, 3.05) is 12.3 Å². The Kier molecular flexibility index (Phi) is 3.62. The lowest BCUT2D eigenvalue weighted by atomic mass is 10.1. The third-order valence-corrected chi connectivity index (χ3v) is 2.66. The van der Waals surface area contributed by atoms with E-state index in [1.54, 1.807) is 0 Å². The number of benzene rings is 1. The topological polar surface area (TPSA) is 74.2 Å². The molecule has 0 radical (unpaired) electrons. The number of nitrogens with two attached hydrogens (primary N) is 1. The molecule has 0 spiro atoms. The van der Waals surface area contributed by atoms with Crippen LogP contribution in [0.25, 0.3) is 11.5 Å². The van der Waals surface area contributed by atoms with E-state index < -0.39 is 0 Å². The van der Waals surface area contributed by atoms with Crippen molar-refractivity contribution in [3.8, 4) is 11.5 Å². The molecule has 0 fully saturated rings. The molecule has 5 nitrogen and oxygen atoms in total. The Bertz CT molecular complexity index is 537. The highest BCUT2D eigenvalue weighted by Crippen LogP contribution is 2.26. The van der Waals surface area contributed by atoms with E-state index in [1.807, 2.05) is 39.0 Å². The number of anilines is 1. The molecule has 2 N–H and O–H groups in total. The fraction of sp³-hybridized carbons (Fsp3) is 0.385. The maximum atomic E-state index is 5.91. The average Bonchev–Trinajstić information content (AvgIpc) is 2.82. The molecule has 18 heavy (non-hydrogen) atoms. The Morgan fingerprint density at radius 2 is 2.22 bits per heavy atom. The van der Waals surface area contributed by atoms with Gasteiger partial charge in [0.2, 0.25) is 5.82 Å². The standard InChI is InChI=1S/C13H17N3O2/c1-4-17-9(3)12-15-13(18-16-12)10-7-8(2)5-6-11(10)14/h5-7,9H,4,14H2,1-3H3. The molecule has 2 rings (SSSR count). The molecular formula is C13H17N3O2. The van der Waals surface area contributed by atoms with Gasteiger partial charge in [0, 0.05) is 12.3 Å². The van der Waals surface area contributed by atoms with Crippen LogP contribution in [0, 0.1) is 6.92 Å². The first-order chi connectivity index (χ1) is 8.61. The maximum absolute atomic E-state index is 5.91. The molecule has 1 aromatic heterocycles. The van der Waals surface area contributed by atoms with Crippen molar-refractivity contribution in [2.24, 2.45) is 0 Å². The van der Waals surface area contributed by atoms with E-state index in [4.69, 9.17) is 15.0 Å². The van der Waals surface area contributed by atoms with Gasteiger partial charge in [0.1, 0.15) is 6.10 Å². The molecule has 0 saturated heterocycles. The Balaban J connectivity index is 2.32. The van der Waals surface area contributed by atoms with Gasteiger partial charge in [-0.25, -0.2) is 0 Å². The minimum absolute atomic E-state index is 0.182. The Morgan fingerprint density at radius 1 is 1.44 bits per heavy atom. The summed E-state index contributed by atoms with van der Waals surface area (Å²) in [5.74, 6) is 0.963. The predicted molar refractivity (Wildman–Crippen MR) is 68.9 cm³/mol. The monoisotopic (exact) mass is 247 g/mol. The van der Waals surface area contributed by atoms with Crippen LogP contribution in [0.2, 0.25) is 0 Å². The summed E-state index contributed by atoms with van der Waals surface area (Å²) < 4.78 is 10.6. The van der Waals surface area contributed by atoms with Gasteiger partial charge in [-0.1, -0.05) is 16.8 Å². The van der Waals surface area contributed by atoms with Gasteiger partial charge in [0.25, 0.3) is 5.89 Å². The van der Waals surface area contributed by atoms with Gasteiger partial charge in [-0.05, 0) is 32.9 Å². The summed E-state index contributed by atoms with van der Waals surface area (Å²) in [5, 5.41) is 3.92. The molecule has 0 amide bonds. The van der Waals surface area contributed by atoms with Gasteiger partial charge in [-0.15, -0.1) is 0 Å². The average molecular weight is 247 g/mol. The smallest absolute Gasteiger partial charge is 0.260 e. The van der Waals surface area contributed by atoms with Gasteiger partial charge in [-0.3, -0.25) is 0 Å². The number of ether oxygens (including phenoxy) is 1. The second-order valence-electron chi connectivity index (χ2n) is 4.15. The lowest BCUT2D eigenvalue weighted by molar-refractivity contribution is 0.0683. The van der Waals surface area contributed by atoms with E-state index in [9.17, 15) is 0 Å². The first-order valence-electron chi connectivity index (χ1n) is 5.93. The highest BCUT2D eigenvalue weighted by molar-refractivity contribution is 5.70. The first kappa shape index (κ1) is 12.6. The number of aryl methyl sites for hydroxylation is 1. The van der Waals surface area contributed by atoms with Crippen molar-refractivity contribution in [1.82, 2.24) is 10.1 Å². The maximum Gasteiger partial charge on any atom is 0.260 e. The summed E-state index contributed by atoms with van der Waals surface area (Å²) in [6.07, 6.45) is -0.182. The van der Waals surface area contributed by atoms with E-state index in [1.165, 1.54) is 0 Å². The fourth-order valence-corrected chi connectivity index (χ4v) is 1.69. The summed E-state index contributed by atoms with van der Waals surface area (Å²) in [6.45, 7) is 6.41. The molecule has 0 aliphatic carbocycles. The van der Waals surface area contributed by atoms with Crippen LogP contribution < -0.4 is 5.73 Å². The van der Waals surface area contributed by atoms with Crippen molar-refractivity contribution >= 4 is 5.69 Å².